The van der Waals surface area contributed by atoms with Gasteiger partial charge in [-0.25, -0.2) is 9.97 Å². The number of nitrogens with zero attached hydrogens (tertiary/aromatic N) is 2. The zero-order valence-corrected chi connectivity index (χ0v) is 18.8. The molecule has 0 unspecified atom stereocenters. The first-order chi connectivity index (χ1) is 11.8. The third kappa shape index (κ3) is 4.12. The number of aromatic amines is 2. The molecule has 5 rings (SSSR count). The molecule has 0 radical (unpaired) electrons. The van der Waals surface area contributed by atoms with Gasteiger partial charge in [0, 0.05) is 22.1 Å². The van der Waals surface area contributed by atoms with Crippen molar-refractivity contribution in [1.82, 2.24) is 19.9 Å². The first-order valence-electron chi connectivity index (χ1n) is 7.85. The molecule has 0 fully saturated rings. The minimum atomic E-state index is 0. The Morgan fingerprint density at radius 2 is 0.846 bits per heavy atom. The minimum Gasteiger partial charge on any atom is -1.00 e. The van der Waals surface area contributed by atoms with Gasteiger partial charge in [0.2, 0.25) is 0 Å². The molecule has 0 saturated carbocycles. The summed E-state index contributed by atoms with van der Waals surface area (Å²) in [6, 6.07) is 16.4. The van der Waals surface area contributed by atoms with Crippen LogP contribution in [-0.4, -0.2) is 19.9 Å². The summed E-state index contributed by atoms with van der Waals surface area (Å²) in [7, 11) is 0. The van der Waals surface area contributed by atoms with E-state index in [9.17, 15) is 0 Å². The van der Waals surface area contributed by atoms with Crippen LogP contribution < -0.4 is 59.1 Å². The molecular weight excluding hydrogens is 342 g/mol. The molecule has 5 heterocycles. The minimum absolute atomic E-state index is 0. The standard InChI is InChI=1S/C20H14N4.2Na.2H/c1-2-14-10-16-5-6-18(23-16)12-20-8-7-19(24-20)11-17-4-3-15(22-17)9-13(1)21-14;;;;/h1-12,21-22H;;;;/q;2*+1;2*-1. The number of fused-ring (bicyclic) bond motifs is 8. The topological polar surface area (TPSA) is 57.4 Å². The Hall–Kier alpha value is -1.40. The van der Waals surface area contributed by atoms with E-state index in [1.807, 2.05) is 42.5 Å². The Kier molecular flexibility index (Phi) is 6.03. The fraction of sp³-hybridized carbons (Fsp3) is 0. The number of nitrogens with one attached hydrogen (secondary N) is 2. The number of hydrogen-bond acceptors (Lipinski definition) is 2. The van der Waals surface area contributed by atoms with E-state index in [0.717, 1.165) is 44.8 Å². The zero-order valence-electron chi connectivity index (χ0n) is 16.8. The van der Waals surface area contributed by atoms with Crippen LogP contribution in [0.15, 0.2) is 48.5 Å². The SMILES string of the molecule is C1=Cc2cc3ccc(cc4ccc(cc5nc(cc1n2)C=C5)[nH]4)[nH]3.[H-].[H-].[Na+].[Na+]. The molecule has 4 nitrogen and oxygen atoms in total. The summed E-state index contributed by atoms with van der Waals surface area (Å²) < 4.78 is 0. The molecule has 6 heteroatoms. The Morgan fingerprint density at radius 1 is 0.500 bits per heavy atom. The third-order valence-electron chi connectivity index (χ3n) is 4.04. The van der Waals surface area contributed by atoms with Gasteiger partial charge in [0.25, 0.3) is 0 Å². The van der Waals surface area contributed by atoms with E-state index >= 15 is 0 Å². The van der Waals surface area contributed by atoms with Gasteiger partial charge in [-0.2, -0.15) is 0 Å². The van der Waals surface area contributed by atoms with Gasteiger partial charge >= 0.3 is 59.1 Å². The number of H-pyrrole nitrogens is 2. The van der Waals surface area contributed by atoms with Gasteiger partial charge in [0.15, 0.2) is 0 Å². The molecule has 3 aromatic rings. The second-order valence-corrected chi connectivity index (χ2v) is 5.91. The molecule has 0 saturated heterocycles. The van der Waals surface area contributed by atoms with Crippen molar-refractivity contribution >= 4 is 46.4 Å². The van der Waals surface area contributed by atoms with E-state index in [4.69, 9.17) is 0 Å². The van der Waals surface area contributed by atoms with Crippen molar-refractivity contribution < 1.29 is 62.0 Å². The van der Waals surface area contributed by atoms with Gasteiger partial charge in [-0.15, -0.1) is 0 Å². The Labute approximate surface area is 198 Å². The van der Waals surface area contributed by atoms with E-state index in [2.05, 4.69) is 50.3 Å². The van der Waals surface area contributed by atoms with Gasteiger partial charge in [-0.05, 0) is 72.8 Å². The van der Waals surface area contributed by atoms with Crippen LogP contribution in [-0.2, 0) is 0 Å². The maximum Gasteiger partial charge on any atom is 1.00 e. The van der Waals surface area contributed by atoms with Gasteiger partial charge in [-0.1, -0.05) is 0 Å². The maximum absolute atomic E-state index is 4.62. The maximum atomic E-state index is 4.62. The fourth-order valence-corrected chi connectivity index (χ4v) is 2.94. The summed E-state index contributed by atoms with van der Waals surface area (Å²) in [5, 5.41) is 0. The van der Waals surface area contributed by atoms with Crippen LogP contribution in [0, 0.1) is 0 Å². The summed E-state index contributed by atoms with van der Waals surface area (Å²) >= 11 is 0. The van der Waals surface area contributed by atoms with Crippen LogP contribution >= 0.6 is 0 Å². The molecular formula is C20H16N4Na2. The van der Waals surface area contributed by atoms with Crippen molar-refractivity contribution in [2.45, 2.75) is 0 Å². The van der Waals surface area contributed by atoms with Crippen molar-refractivity contribution in [2.24, 2.45) is 0 Å². The van der Waals surface area contributed by atoms with E-state index in [1.54, 1.807) is 0 Å². The summed E-state index contributed by atoms with van der Waals surface area (Å²) in [5.74, 6) is 0. The molecule has 2 N–H and O–H groups in total. The number of aromatic nitrogens is 4. The first-order valence-corrected chi connectivity index (χ1v) is 7.85. The van der Waals surface area contributed by atoms with Gasteiger partial charge < -0.3 is 12.8 Å². The summed E-state index contributed by atoms with van der Waals surface area (Å²) in [6.45, 7) is 0. The molecule has 2 aliphatic heterocycles. The van der Waals surface area contributed by atoms with Gasteiger partial charge in [0.05, 0.1) is 22.8 Å². The third-order valence-corrected chi connectivity index (χ3v) is 4.04. The van der Waals surface area contributed by atoms with Crippen molar-refractivity contribution in [1.29, 1.82) is 0 Å². The Balaban J connectivity index is 0.000000980. The predicted molar refractivity (Wildman–Crippen MR) is 101 cm³/mol. The molecule has 2 aliphatic rings. The van der Waals surface area contributed by atoms with E-state index in [-0.39, 0.29) is 62.0 Å². The normalized spacial score (nSPS) is 11.7. The number of rotatable bonds is 0. The summed E-state index contributed by atoms with van der Waals surface area (Å²) in [6.07, 6.45) is 8.05. The van der Waals surface area contributed by atoms with Gasteiger partial charge in [0.1, 0.15) is 0 Å². The van der Waals surface area contributed by atoms with E-state index in [1.165, 1.54) is 0 Å². The average molecular weight is 358 g/mol. The Bertz CT molecular complexity index is 1090. The summed E-state index contributed by atoms with van der Waals surface area (Å²) in [5.41, 5.74) is 7.86. The molecule has 0 spiro atoms. The smallest absolute Gasteiger partial charge is 1.00 e. The largest absolute Gasteiger partial charge is 1.00 e. The molecule has 0 aromatic carbocycles. The van der Waals surface area contributed by atoms with Crippen LogP contribution in [0.1, 0.15) is 25.6 Å². The Morgan fingerprint density at radius 3 is 1.27 bits per heavy atom. The predicted octanol–water partition coefficient (Wildman–Crippen LogP) is -1.11. The van der Waals surface area contributed by atoms with Crippen LogP contribution in [0.25, 0.3) is 46.4 Å². The average Bonchev–Trinajstić information content (AvgIpc) is 3.32. The zero-order chi connectivity index (χ0) is 15.9. The van der Waals surface area contributed by atoms with Crippen LogP contribution in [0.4, 0.5) is 0 Å². The second-order valence-electron chi connectivity index (χ2n) is 5.91. The van der Waals surface area contributed by atoms with Crippen molar-refractivity contribution in [3.05, 3.63) is 71.3 Å². The molecule has 0 aliphatic carbocycles. The van der Waals surface area contributed by atoms with E-state index in [0.29, 0.717) is 0 Å². The molecule has 3 aromatic heterocycles. The quantitative estimate of drug-likeness (QED) is 0.345. The van der Waals surface area contributed by atoms with Crippen molar-refractivity contribution in [3.8, 4) is 0 Å². The summed E-state index contributed by atoms with van der Waals surface area (Å²) in [4.78, 5) is 16.0. The molecule has 0 atom stereocenters. The number of hydrogen-bond donors (Lipinski definition) is 2. The molecule has 26 heavy (non-hydrogen) atoms. The van der Waals surface area contributed by atoms with Crippen molar-refractivity contribution in [2.75, 3.05) is 0 Å². The molecule has 118 valence electrons. The van der Waals surface area contributed by atoms with Crippen LogP contribution in [0.5, 0.6) is 0 Å². The van der Waals surface area contributed by atoms with Crippen LogP contribution in [0.3, 0.4) is 0 Å². The fourth-order valence-electron chi connectivity index (χ4n) is 2.94. The van der Waals surface area contributed by atoms with Crippen LogP contribution in [0.2, 0.25) is 0 Å². The van der Waals surface area contributed by atoms with Gasteiger partial charge in [-0.3, -0.25) is 0 Å². The monoisotopic (exact) mass is 358 g/mol. The van der Waals surface area contributed by atoms with Crippen molar-refractivity contribution in [3.63, 3.8) is 0 Å². The van der Waals surface area contributed by atoms with E-state index < -0.39 is 0 Å². The first kappa shape index (κ1) is 19.4. The molecule has 8 bridgehead atoms. The molecule has 0 amide bonds. The second kappa shape index (κ2) is 8.09.